The Morgan fingerprint density at radius 3 is 2.81 bits per heavy atom. The number of rotatable bonds is 5. The van der Waals surface area contributed by atoms with Gasteiger partial charge >= 0.3 is 0 Å². The lowest BCUT2D eigenvalue weighted by molar-refractivity contribution is -0.00815. The maximum atomic E-state index is 12.6. The minimum Gasteiger partial charge on any atom is -0.469 e. The Kier molecular flexibility index (Phi) is 4.54. The van der Waals surface area contributed by atoms with Gasteiger partial charge in [0.15, 0.2) is 0 Å². The number of carbonyl (C=O) groups excluding carboxylic acids is 1. The molecule has 0 N–H and O–H groups in total. The summed E-state index contributed by atoms with van der Waals surface area (Å²) in [6.07, 6.45) is 6.24. The molecule has 0 unspecified atom stereocenters. The molecule has 6 heteroatoms. The van der Waals surface area contributed by atoms with Crippen LogP contribution in [-0.2, 0) is 11.3 Å². The van der Waals surface area contributed by atoms with E-state index in [1.54, 1.807) is 24.7 Å². The number of aromatic nitrogens is 1. The average Bonchev–Trinajstić information content (AvgIpc) is 3.17. The van der Waals surface area contributed by atoms with Gasteiger partial charge in [-0.05, 0) is 50.1 Å². The van der Waals surface area contributed by atoms with E-state index in [1.165, 1.54) is 0 Å². The molecule has 2 saturated heterocycles. The monoisotopic (exact) mass is 355 g/mol. The number of amides is 1. The maximum absolute atomic E-state index is 12.6. The van der Waals surface area contributed by atoms with Crippen LogP contribution in [-0.4, -0.2) is 59.5 Å². The molecule has 2 aliphatic rings. The Balaban J connectivity index is 1.28. The number of carbonyl (C=O) groups is 1. The van der Waals surface area contributed by atoms with Crippen LogP contribution in [0.15, 0.2) is 41.3 Å². The Morgan fingerprint density at radius 1 is 1.35 bits per heavy atom. The van der Waals surface area contributed by atoms with Crippen molar-refractivity contribution in [3.05, 3.63) is 53.7 Å². The molecule has 0 saturated carbocycles. The second kappa shape index (κ2) is 6.85. The van der Waals surface area contributed by atoms with Crippen LogP contribution >= 0.6 is 0 Å². The van der Waals surface area contributed by atoms with Gasteiger partial charge in [-0.15, -0.1) is 0 Å². The number of nitrogens with zero attached hydrogens (tertiary/aromatic N) is 3. The summed E-state index contributed by atoms with van der Waals surface area (Å²) in [5.74, 6) is 1.28. The van der Waals surface area contributed by atoms with E-state index in [4.69, 9.17) is 9.15 Å². The quantitative estimate of drug-likeness (QED) is 0.824. The number of likely N-dealkylation sites (N-methyl/N-ethyl adjacent to an activating group) is 1. The minimum atomic E-state index is 0.0765. The lowest BCUT2D eigenvalue weighted by Gasteiger charge is -2.51. The first kappa shape index (κ1) is 17.2. The SMILES string of the molecule is Cc1occc1C(=O)N1CC2(C[C@H](COCc3ccncc3)CN2C)C1. The van der Waals surface area contributed by atoms with Gasteiger partial charge in [-0.2, -0.15) is 0 Å². The highest BCUT2D eigenvalue weighted by atomic mass is 16.5. The molecule has 1 spiro atoms. The van der Waals surface area contributed by atoms with Gasteiger partial charge in [-0.25, -0.2) is 0 Å². The number of likely N-dealkylation sites (tertiary alicyclic amines) is 2. The summed E-state index contributed by atoms with van der Waals surface area (Å²) >= 11 is 0. The fourth-order valence-corrected chi connectivity index (χ4v) is 4.23. The predicted molar refractivity (Wildman–Crippen MR) is 96.7 cm³/mol. The van der Waals surface area contributed by atoms with Gasteiger partial charge in [0.2, 0.25) is 0 Å². The van der Waals surface area contributed by atoms with Gasteiger partial charge in [0.1, 0.15) is 5.76 Å². The number of hydrogen-bond acceptors (Lipinski definition) is 5. The number of aryl methyl sites for hydroxylation is 1. The molecule has 1 atom stereocenters. The van der Waals surface area contributed by atoms with E-state index in [-0.39, 0.29) is 11.4 Å². The minimum absolute atomic E-state index is 0.0765. The Morgan fingerprint density at radius 2 is 2.12 bits per heavy atom. The molecule has 138 valence electrons. The zero-order valence-electron chi connectivity index (χ0n) is 15.4. The van der Waals surface area contributed by atoms with Crippen LogP contribution in [0.2, 0.25) is 0 Å². The zero-order chi connectivity index (χ0) is 18.1. The van der Waals surface area contributed by atoms with Crippen LogP contribution < -0.4 is 0 Å². The van der Waals surface area contributed by atoms with E-state index in [1.807, 2.05) is 24.0 Å². The Bertz CT molecular complexity index is 768. The molecule has 6 nitrogen and oxygen atoms in total. The molecule has 0 bridgehead atoms. The molecule has 0 aliphatic carbocycles. The van der Waals surface area contributed by atoms with Gasteiger partial charge in [0.25, 0.3) is 5.91 Å². The summed E-state index contributed by atoms with van der Waals surface area (Å²) in [5.41, 5.74) is 1.94. The van der Waals surface area contributed by atoms with Crippen molar-refractivity contribution in [3.8, 4) is 0 Å². The molecular weight excluding hydrogens is 330 g/mol. The first-order chi connectivity index (χ1) is 12.6. The fraction of sp³-hybridized carbons (Fsp3) is 0.500. The summed E-state index contributed by atoms with van der Waals surface area (Å²) < 4.78 is 11.2. The molecule has 2 aliphatic heterocycles. The highest BCUT2D eigenvalue weighted by Gasteiger charge is 2.53. The van der Waals surface area contributed by atoms with Crippen LogP contribution in [0.25, 0.3) is 0 Å². The van der Waals surface area contributed by atoms with Crippen molar-refractivity contribution in [1.82, 2.24) is 14.8 Å². The molecule has 2 aromatic heterocycles. The molecule has 1 amide bonds. The fourth-order valence-electron chi connectivity index (χ4n) is 4.23. The van der Waals surface area contributed by atoms with Gasteiger partial charge in [-0.1, -0.05) is 0 Å². The molecule has 0 radical (unpaired) electrons. The van der Waals surface area contributed by atoms with Crippen molar-refractivity contribution >= 4 is 5.91 Å². The van der Waals surface area contributed by atoms with Crippen LogP contribution in [0.4, 0.5) is 0 Å². The molecule has 4 rings (SSSR count). The molecule has 26 heavy (non-hydrogen) atoms. The summed E-state index contributed by atoms with van der Waals surface area (Å²) in [6.45, 7) is 5.80. The standard InChI is InChI=1S/C20H25N3O3/c1-15-18(5-8-26-15)19(24)23-13-20(14-23)9-17(10-22(20)2)12-25-11-16-3-6-21-7-4-16/h3-8,17H,9-14H2,1-2H3/t17-/m0/s1. The molecule has 2 fully saturated rings. The van der Waals surface area contributed by atoms with E-state index in [0.29, 0.717) is 23.8 Å². The maximum Gasteiger partial charge on any atom is 0.257 e. The zero-order valence-corrected chi connectivity index (χ0v) is 15.4. The van der Waals surface area contributed by atoms with Crippen molar-refractivity contribution < 1.29 is 13.9 Å². The van der Waals surface area contributed by atoms with E-state index in [2.05, 4.69) is 16.9 Å². The third-order valence-electron chi connectivity index (χ3n) is 5.73. The molecule has 0 aromatic carbocycles. The second-order valence-electron chi connectivity index (χ2n) is 7.60. The number of furan rings is 1. The van der Waals surface area contributed by atoms with Gasteiger partial charge in [-0.3, -0.25) is 14.7 Å². The lowest BCUT2D eigenvalue weighted by atomic mass is 9.84. The van der Waals surface area contributed by atoms with Crippen LogP contribution in [0.1, 0.15) is 28.1 Å². The number of ether oxygens (including phenoxy) is 1. The van der Waals surface area contributed by atoms with Crippen LogP contribution in [0.3, 0.4) is 0 Å². The van der Waals surface area contributed by atoms with Crippen molar-refractivity contribution in [2.24, 2.45) is 5.92 Å². The largest absolute Gasteiger partial charge is 0.469 e. The summed E-state index contributed by atoms with van der Waals surface area (Å²) in [6, 6.07) is 5.72. The smallest absolute Gasteiger partial charge is 0.257 e. The van der Waals surface area contributed by atoms with Gasteiger partial charge in [0, 0.05) is 32.0 Å². The topological polar surface area (TPSA) is 58.8 Å². The Hall–Kier alpha value is -2.18. The highest BCUT2D eigenvalue weighted by molar-refractivity contribution is 5.95. The van der Waals surface area contributed by atoms with Crippen molar-refractivity contribution in [1.29, 1.82) is 0 Å². The predicted octanol–water partition coefficient (Wildman–Crippen LogP) is 2.35. The third kappa shape index (κ3) is 3.15. The van der Waals surface area contributed by atoms with E-state index >= 15 is 0 Å². The molecule has 4 heterocycles. The van der Waals surface area contributed by atoms with E-state index < -0.39 is 0 Å². The number of hydrogen-bond donors (Lipinski definition) is 0. The molecule has 2 aromatic rings. The summed E-state index contributed by atoms with van der Waals surface area (Å²) in [7, 11) is 2.16. The van der Waals surface area contributed by atoms with E-state index in [0.717, 1.165) is 38.2 Å². The van der Waals surface area contributed by atoms with Crippen molar-refractivity contribution in [2.75, 3.05) is 33.3 Å². The van der Waals surface area contributed by atoms with Gasteiger partial charge in [0.05, 0.1) is 30.6 Å². The normalized spacial score (nSPS) is 21.9. The average molecular weight is 355 g/mol. The lowest BCUT2D eigenvalue weighted by Crippen LogP contribution is -2.68. The first-order valence-electron chi connectivity index (χ1n) is 9.09. The summed E-state index contributed by atoms with van der Waals surface area (Å²) in [4.78, 5) is 20.9. The van der Waals surface area contributed by atoms with E-state index in [9.17, 15) is 4.79 Å². The summed E-state index contributed by atoms with van der Waals surface area (Å²) in [5, 5.41) is 0. The van der Waals surface area contributed by atoms with Gasteiger partial charge < -0.3 is 14.1 Å². The second-order valence-corrected chi connectivity index (χ2v) is 7.60. The van der Waals surface area contributed by atoms with Crippen LogP contribution in [0.5, 0.6) is 0 Å². The van der Waals surface area contributed by atoms with Crippen LogP contribution in [0, 0.1) is 12.8 Å². The van der Waals surface area contributed by atoms with Crippen molar-refractivity contribution in [2.45, 2.75) is 25.5 Å². The third-order valence-corrected chi connectivity index (χ3v) is 5.73. The number of pyridine rings is 1. The Labute approximate surface area is 153 Å². The highest BCUT2D eigenvalue weighted by Crippen LogP contribution is 2.40. The molecular formula is C20H25N3O3. The van der Waals surface area contributed by atoms with Crippen molar-refractivity contribution in [3.63, 3.8) is 0 Å². The first-order valence-corrected chi connectivity index (χ1v) is 9.09.